The van der Waals surface area contributed by atoms with Crippen LogP contribution in [-0.2, 0) is 10.0 Å². The van der Waals surface area contributed by atoms with Crippen molar-refractivity contribution in [2.24, 2.45) is 0 Å². The van der Waals surface area contributed by atoms with E-state index in [-0.39, 0.29) is 9.77 Å². The first-order chi connectivity index (χ1) is 12.8. The molecule has 0 unspecified atom stereocenters. The number of halogens is 1. The van der Waals surface area contributed by atoms with Crippen molar-refractivity contribution in [1.29, 1.82) is 0 Å². The molecule has 0 aliphatic heterocycles. The summed E-state index contributed by atoms with van der Waals surface area (Å²) in [4.78, 5) is 12.8. The molecule has 8 heteroatoms. The number of amides is 1. The molecule has 0 saturated carbocycles. The predicted octanol–water partition coefficient (Wildman–Crippen LogP) is 4.90. The number of nitrogens with zero attached hydrogens (tertiary/aromatic N) is 1. The van der Waals surface area contributed by atoms with E-state index in [1.165, 1.54) is 17.4 Å². The van der Waals surface area contributed by atoms with Gasteiger partial charge in [-0.15, -0.1) is 11.3 Å². The summed E-state index contributed by atoms with van der Waals surface area (Å²) in [6, 6.07) is 15.6. The Bertz CT molecular complexity index is 1080. The van der Waals surface area contributed by atoms with E-state index >= 15 is 0 Å². The lowest BCUT2D eigenvalue weighted by Gasteiger charge is -2.19. The van der Waals surface area contributed by atoms with Gasteiger partial charge in [-0.3, -0.25) is 9.10 Å². The molecule has 0 saturated heterocycles. The molecule has 0 aliphatic carbocycles. The predicted molar refractivity (Wildman–Crippen MR) is 113 cm³/mol. The lowest BCUT2D eigenvalue weighted by Crippen LogP contribution is -2.28. The number of rotatable bonds is 5. The third-order valence-electron chi connectivity index (χ3n) is 4.01. The van der Waals surface area contributed by atoms with Crippen LogP contribution in [0.1, 0.15) is 15.2 Å². The second kappa shape index (κ2) is 7.84. The molecule has 2 aromatic carbocycles. The van der Waals surface area contributed by atoms with Gasteiger partial charge in [0.1, 0.15) is 9.77 Å². The Morgan fingerprint density at radius 3 is 2.48 bits per heavy atom. The normalized spacial score (nSPS) is 11.2. The highest BCUT2D eigenvalue weighted by molar-refractivity contribution is 9.10. The van der Waals surface area contributed by atoms with E-state index in [1.807, 2.05) is 25.1 Å². The number of hydrogen-bond donors (Lipinski definition) is 1. The van der Waals surface area contributed by atoms with Gasteiger partial charge in [0.15, 0.2) is 0 Å². The highest BCUT2D eigenvalue weighted by Gasteiger charge is 2.28. The zero-order valence-corrected chi connectivity index (χ0v) is 17.9. The van der Waals surface area contributed by atoms with Gasteiger partial charge in [-0.2, -0.15) is 0 Å². The Kier molecular flexibility index (Phi) is 5.69. The van der Waals surface area contributed by atoms with Gasteiger partial charge in [-0.1, -0.05) is 34.1 Å². The van der Waals surface area contributed by atoms with E-state index in [0.29, 0.717) is 11.4 Å². The third kappa shape index (κ3) is 4.07. The van der Waals surface area contributed by atoms with Gasteiger partial charge in [0.2, 0.25) is 0 Å². The maximum atomic E-state index is 13.0. The highest BCUT2D eigenvalue weighted by atomic mass is 79.9. The second-order valence-corrected chi connectivity index (χ2v) is 9.55. The van der Waals surface area contributed by atoms with E-state index in [0.717, 1.165) is 21.4 Å². The van der Waals surface area contributed by atoms with Gasteiger partial charge >= 0.3 is 0 Å². The van der Waals surface area contributed by atoms with Crippen molar-refractivity contribution in [2.75, 3.05) is 16.7 Å². The molecule has 0 fully saturated rings. The number of nitrogens with one attached hydrogen (secondary N) is 1. The van der Waals surface area contributed by atoms with Crippen molar-refractivity contribution < 1.29 is 13.2 Å². The summed E-state index contributed by atoms with van der Waals surface area (Å²) in [6.07, 6.45) is 0. The molecule has 1 N–H and O–H groups in total. The summed E-state index contributed by atoms with van der Waals surface area (Å²) in [7, 11) is -2.38. The molecule has 0 bridgehead atoms. The number of hydrogen-bond acceptors (Lipinski definition) is 4. The van der Waals surface area contributed by atoms with Crippen LogP contribution in [-0.4, -0.2) is 21.4 Å². The Hall–Kier alpha value is -2.16. The first-order valence-electron chi connectivity index (χ1n) is 7.99. The summed E-state index contributed by atoms with van der Waals surface area (Å²) in [5.74, 6) is -0.452. The number of carbonyl (C=O) groups is 1. The van der Waals surface area contributed by atoms with Crippen molar-refractivity contribution in [2.45, 2.75) is 11.8 Å². The summed E-state index contributed by atoms with van der Waals surface area (Å²) in [6.45, 7) is 1.91. The first-order valence-corrected chi connectivity index (χ1v) is 11.1. The van der Waals surface area contributed by atoms with Crippen molar-refractivity contribution in [3.05, 3.63) is 74.9 Å². The SMILES string of the molecule is Cc1cc(NC(=O)c2sccc2S(=O)(=O)N(C)c2ccccc2)ccc1Br. The number of thiophene rings is 1. The molecule has 0 aliphatic rings. The molecule has 0 atom stereocenters. The van der Waals surface area contributed by atoms with Crippen LogP contribution in [0.15, 0.2) is 69.3 Å². The van der Waals surface area contributed by atoms with E-state index in [2.05, 4.69) is 21.2 Å². The summed E-state index contributed by atoms with van der Waals surface area (Å²) in [5.41, 5.74) is 2.10. The second-order valence-electron chi connectivity index (χ2n) is 5.84. The number of benzene rings is 2. The molecule has 1 amide bonds. The molecule has 0 radical (unpaired) electrons. The van der Waals surface area contributed by atoms with Gasteiger partial charge in [0, 0.05) is 17.2 Å². The lowest BCUT2D eigenvalue weighted by atomic mass is 10.2. The Morgan fingerprint density at radius 1 is 1.11 bits per heavy atom. The fourth-order valence-corrected chi connectivity index (χ4v) is 5.24. The molecule has 1 aromatic heterocycles. The molecule has 27 heavy (non-hydrogen) atoms. The van der Waals surface area contributed by atoms with E-state index in [1.54, 1.807) is 35.7 Å². The van der Waals surface area contributed by atoms with Gasteiger partial charge in [-0.25, -0.2) is 8.42 Å². The monoisotopic (exact) mass is 464 g/mol. The fraction of sp³-hybridized carbons (Fsp3) is 0.105. The number of aryl methyl sites for hydroxylation is 1. The third-order valence-corrected chi connectivity index (χ3v) is 7.77. The smallest absolute Gasteiger partial charge is 0.267 e. The van der Waals surface area contributed by atoms with Crippen LogP contribution in [0.4, 0.5) is 11.4 Å². The summed E-state index contributed by atoms with van der Waals surface area (Å²) >= 11 is 4.51. The minimum Gasteiger partial charge on any atom is -0.321 e. The molecule has 140 valence electrons. The topological polar surface area (TPSA) is 66.5 Å². The Labute approximate surface area is 170 Å². The molecule has 3 aromatic rings. The quantitative estimate of drug-likeness (QED) is 0.583. The molecule has 0 spiro atoms. The largest absolute Gasteiger partial charge is 0.321 e. The zero-order valence-electron chi connectivity index (χ0n) is 14.6. The van der Waals surface area contributed by atoms with Crippen molar-refractivity contribution >= 4 is 54.6 Å². The molecule has 5 nitrogen and oxygen atoms in total. The number of para-hydroxylation sites is 1. The molecular weight excluding hydrogens is 448 g/mol. The minimum atomic E-state index is -3.86. The van der Waals surface area contributed by atoms with E-state index in [9.17, 15) is 13.2 Å². The number of anilines is 2. The van der Waals surface area contributed by atoms with Crippen LogP contribution in [0.2, 0.25) is 0 Å². The van der Waals surface area contributed by atoms with Gasteiger partial charge in [-0.05, 0) is 54.3 Å². The Morgan fingerprint density at radius 2 is 1.81 bits per heavy atom. The van der Waals surface area contributed by atoms with Crippen molar-refractivity contribution in [3.63, 3.8) is 0 Å². The van der Waals surface area contributed by atoms with E-state index in [4.69, 9.17) is 0 Å². The van der Waals surface area contributed by atoms with Gasteiger partial charge < -0.3 is 5.32 Å². The van der Waals surface area contributed by atoms with E-state index < -0.39 is 15.9 Å². The Balaban J connectivity index is 1.90. The fourth-order valence-electron chi connectivity index (χ4n) is 2.50. The van der Waals surface area contributed by atoms with Crippen molar-refractivity contribution in [3.8, 4) is 0 Å². The maximum absolute atomic E-state index is 13.0. The lowest BCUT2D eigenvalue weighted by molar-refractivity contribution is 0.102. The average Bonchev–Trinajstić information content (AvgIpc) is 3.16. The van der Waals surface area contributed by atoms with Crippen LogP contribution < -0.4 is 9.62 Å². The van der Waals surface area contributed by atoms with Crippen LogP contribution in [0.3, 0.4) is 0 Å². The van der Waals surface area contributed by atoms with Crippen molar-refractivity contribution in [1.82, 2.24) is 0 Å². The number of sulfonamides is 1. The van der Waals surface area contributed by atoms with Crippen LogP contribution in [0.5, 0.6) is 0 Å². The minimum absolute atomic E-state index is 0.00909. The van der Waals surface area contributed by atoms with Crippen LogP contribution in [0.25, 0.3) is 0 Å². The maximum Gasteiger partial charge on any atom is 0.267 e. The average molecular weight is 465 g/mol. The molecule has 1 heterocycles. The first kappa shape index (κ1) is 19.6. The van der Waals surface area contributed by atoms with Gasteiger partial charge in [0.05, 0.1) is 5.69 Å². The number of carbonyl (C=O) groups excluding carboxylic acids is 1. The zero-order chi connectivity index (χ0) is 19.6. The van der Waals surface area contributed by atoms with Crippen LogP contribution >= 0.6 is 27.3 Å². The molecular formula is C19H17BrN2O3S2. The standard InChI is InChI=1S/C19H17BrN2O3S2/c1-13-12-14(8-9-16(13)20)21-19(23)18-17(10-11-26-18)27(24,25)22(2)15-6-4-3-5-7-15/h3-12H,1-2H3,(H,21,23). The molecule has 3 rings (SSSR count). The summed E-state index contributed by atoms with van der Waals surface area (Å²) in [5, 5.41) is 4.38. The van der Waals surface area contributed by atoms with Gasteiger partial charge in [0.25, 0.3) is 15.9 Å². The highest BCUT2D eigenvalue weighted by Crippen LogP contribution is 2.29. The summed E-state index contributed by atoms with van der Waals surface area (Å²) < 4.78 is 28.1. The van der Waals surface area contributed by atoms with Crippen LogP contribution in [0, 0.1) is 6.92 Å².